The maximum absolute atomic E-state index is 11.4. The number of rotatable bonds is 8. The number of aliphatic imine (C=N–C) groups is 1. The molecule has 0 bridgehead atoms. The molecule has 4 aromatic rings. The molecule has 1 aromatic heterocycles. The van der Waals surface area contributed by atoms with E-state index in [-0.39, 0.29) is 35.8 Å². The fraction of sp³-hybridized carbons (Fsp3) is 0.115. The van der Waals surface area contributed by atoms with Gasteiger partial charge < -0.3 is 30.4 Å². The van der Waals surface area contributed by atoms with Crippen molar-refractivity contribution >= 4 is 35.7 Å². The Morgan fingerprint density at radius 2 is 1.54 bits per heavy atom. The van der Waals surface area contributed by atoms with Crippen molar-refractivity contribution in [3.63, 3.8) is 0 Å². The smallest absolute Gasteiger partial charge is 0.270 e. The van der Waals surface area contributed by atoms with E-state index < -0.39 is 4.92 Å². The highest BCUT2D eigenvalue weighted by molar-refractivity contribution is 5.93. The number of aromatic nitrogens is 2. The molecular formula is C26H25ClN6O6. The number of benzene rings is 3. The van der Waals surface area contributed by atoms with Gasteiger partial charge in [-0.3, -0.25) is 10.1 Å². The molecule has 0 aliphatic rings. The predicted octanol–water partition coefficient (Wildman–Crippen LogP) is 4.93. The highest BCUT2D eigenvalue weighted by atomic mass is 35.5. The minimum atomic E-state index is -0.483. The normalized spacial score (nSPS) is 10.8. The largest absolute Gasteiger partial charge is 0.508 e. The van der Waals surface area contributed by atoms with Gasteiger partial charge in [0.2, 0.25) is 11.7 Å². The summed E-state index contributed by atoms with van der Waals surface area (Å²) in [6.07, 6.45) is 0. The number of hydrogen-bond acceptors (Lipinski definition) is 9. The van der Waals surface area contributed by atoms with Crippen molar-refractivity contribution in [2.75, 3.05) is 26.6 Å². The molecule has 0 unspecified atom stereocenters. The van der Waals surface area contributed by atoms with E-state index in [0.717, 1.165) is 0 Å². The Morgan fingerprint density at radius 1 is 0.923 bits per heavy atom. The van der Waals surface area contributed by atoms with E-state index in [2.05, 4.69) is 20.3 Å². The van der Waals surface area contributed by atoms with Crippen LogP contribution in [0.5, 0.6) is 23.0 Å². The Hall–Kier alpha value is -5.10. The zero-order chi connectivity index (χ0) is 27.2. The first-order chi connectivity index (χ1) is 18.3. The lowest BCUT2D eigenvalue weighted by atomic mass is 10.1. The third-order valence-electron chi connectivity index (χ3n) is 5.39. The third kappa shape index (κ3) is 6.62. The minimum absolute atomic E-state index is 0. The average molecular weight is 553 g/mol. The van der Waals surface area contributed by atoms with Crippen LogP contribution in [0, 0.1) is 10.1 Å². The van der Waals surface area contributed by atoms with Gasteiger partial charge in [-0.1, -0.05) is 12.1 Å². The van der Waals surface area contributed by atoms with E-state index in [1.165, 1.54) is 45.6 Å². The Balaban J connectivity index is 0.00000420. The maximum Gasteiger partial charge on any atom is 0.270 e. The molecule has 3 aromatic carbocycles. The van der Waals surface area contributed by atoms with Crippen molar-refractivity contribution in [3.8, 4) is 45.5 Å². The van der Waals surface area contributed by atoms with Gasteiger partial charge >= 0.3 is 0 Å². The number of phenols is 1. The number of halogens is 1. The summed E-state index contributed by atoms with van der Waals surface area (Å²) < 4.78 is 16.3. The van der Waals surface area contributed by atoms with Gasteiger partial charge in [-0.05, 0) is 42.5 Å². The number of anilines is 1. The molecule has 202 valence electrons. The number of nitrogens with one attached hydrogen (secondary N) is 1. The van der Waals surface area contributed by atoms with Crippen LogP contribution < -0.4 is 25.3 Å². The summed E-state index contributed by atoms with van der Waals surface area (Å²) in [5.74, 6) is 1.33. The molecule has 0 atom stereocenters. The molecule has 0 aliphatic carbocycles. The molecule has 0 radical (unpaired) electrons. The lowest BCUT2D eigenvalue weighted by Crippen LogP contribution is -2.22. The minimum Gasteiger partial charge on any atom is -0.508 e. The molecule has 39 heavy (non-hydrogen) atoms. The van der Waals surface area contributed by atoms with Crippen molar-refractivity contribution in [2.24, 2.45) is 10.7 Å². The second-order valence-electron chi connectivity index (χ2n) is 7.83. The van der Waals surface area contributed by atoms with Crippen LogP contribution in [0.3, 0.4) is 0 Å². The van der Waals surface area contributed by atoms with Crippen LogP contribution in [0.15, 0.2) is 71.7 Å². The molecule has 0 fully saturated rings. The van der Waals surface area contributed by atoms with Crippen molar-refractivity contribution in [1.82, 2.24) is 9.97 Å². The fourth-order valence-electron chi connectivity index (χ4n) is 3.62. The van der Waals surface area contributed by atoms with Gasteiger partial charge in [0.15, 0.2) is 11.5 Å². The number of ether oxygens (including phenoxy) is 3. The zero-order valence-electron chi connectivity index (χ0n) is 21.1. The molecule has 0 spiro atoms. The number of nitro groups is 1. The summed E-state index contributed by atoms with van der Waals surface area (Å²) in [5.41, 5.74) is 8.48. The first-order valence-corrected chi connectivity index (χ1v) is 11.2. The number of nitro benzene ring substituents is 1. The number of aromatic hydroxyl groups is 1. The van der Waals surface area contributed by atoms with Gasteiger partial charge in [-0.25, -0.2) is 9.97 Å². The van der Waals surface area contributed by atoms with E-state index >= 15 is 0 Å². The van der Waals surface area contributed by atoms with Gasteiger partial charge in [0, 0.05) is 28.9 Å². The van der Waals surface area contributed by atoms with Crippen molar-refractivity contribution in [1.29, 1.82) is 0 Å². The highest BCUT2D eigenvalue weighted by Gasteiger charge is 2.17. The Morgan fingerprint density at radius 3 is 2.10 bits per heavy atom. The molecule has 1 heterocycles. The monoisotopic (exact) mass is 552 g/mol. The molecule has 4 N–H and O–H groups in total. The molecule has 0 amide bonds. The average Bonchev–Trinajstić information content (AvgIpc) is 2.93. The van der Waals surface area contributed by atoms with Gasteiger partial charge in [0.05, 0.1) is 37.6 Å². The first kappa shape index (κ1) is 28.5. The van der Waals surface area contributed by atoms with E-state index in [0.29, 0.717) is 45.5 Å². The first-order valence-electron chi connectivity index (χ1n) is 11.2. The van der Waals surface area contributed by atoms with E-state index in [1.54, 1.807) is 42.5 Å². The van der Waals surface area contributed by atoms with Gasteiger partial charge in [-0.15, -0.1) is 12.4 Å². The van der Waals surface area contributed by atoms with Gasteiger partial charge in [0.1, 0.15) is 5.75 Å². The summed E-state index contributed by atoms with van der Waals surface area (Å²) in [5, 5.41) is 23.7. The van der Waals surface area contributed by atoms with Crippen LogP contribution in [0.25, 0.3) is 22.5 Å². The van der Waals surface area contributed by atoms with Crippen molar-refractivity contribution in [3.05, 3.63) is 76.8 Å². The number of non-ortho nitro benzene ring substituents is 1. The lowest BCUT2D eigenvalue weighted by Gasteiger charge is -2.14. The molecule has 4 rings (SSSR count). The number of methoxy groups -OCH3 is 3. The number of guanidine groups is 1. The van der Waals surface area contributed by atoms with Crippen molar-refractivity contribution in [2.45, 2.75) is 0 Å². The zero-order valence-corrected chi connectivity index (χ0v) is 21.9. The molecular weight excluding hydrogens is 528 g/mol. The van der Waals surface area contributed by atoms with Crippen LogP contribution in [-0.2, 0) is 0 Å². The van der Waals surface area contributed by atoms with E-state index in [1.807, 2.05) is 0 Å². The highest BCUT2D eigenvalue weighted by Crippen LogP contribution is 2.41. The molecule has 12 nitrogen and oxygen atoms in total. The SMILES string of the molecule is COc1cc(-c2cc(-c3cccc([N+](=O)[O-])c3)nc(N=C(N)Nc3ccc(O)cc3)n2)cc(OC)c1OC.Cl. The fourth-order valence-corrected chi connectivity index (χ4v) is 3.62. The standard InChI is InChI=1S/C26H24N6O6.ClH/c1-36-22-12-16(13-23(37-2)24(22)38-3)21-14-20(15-5-4-6-18(11-15)32(34)35)29-26(30-21)31-25(27)28-17-7-9-19(33)10-8-17;/h4-14,33H,1-3H3,(H3,27,28,29,30,31);1H. The van der Waals surface area contributed by atoms with Crippen LogP contribution in [0.1, 0.15) is 0 Å². The predicted molar refractivity (Wildman–Crippen MR) is 149 cm³/mol. The van der Waals surface area contributed by atoms with Gasteiger partial charge in [-0.2, -0.15) is 4.99 Å². The summed E-state index contributed by atoms with van der Waals surface area (Å²) in [4.78, 5) is 24.2. The van der Waals surface area contributed by atoms with Gasteiger partial charge in [0.25, 0.3) is 11.6 Å². The van der Waals surface area contributed by atoms with E-state index in [9.17, 15) is 15.2 Å². The second-order valence-corrected chi connectivity index (χ2v) is 7.83. The molecule has 0 saturated heterocycles. The maximum atomic E-state index is 11.4. The Bertz CT molecular complexity index is 1490. The second kappa shape index (κ2) is 12.4. The number of hydrogen-bond donors (Lipinski definition) is 3. The Kier molecular flexibility index (Phi) is 9.07. The summed E-state index contributed by atoms with van der Waals surface area (Å²) in [6.45, 7) is 0. The van der Waals surface area contributed by atoms with Crippen LogP contribution >= 0.6 is 12.4 Å². The van der Waals surface area contributed by atoms with Crippen LogP contribution in [0.4, 0.5) is 17.3 Å². The third-order valence-corrected chi connectivity index (χ3v) is 5.39. The number of nitrogens with zero attached hydrogens (tertiary/aromatic N) is 4. The molecule has 0 aliphatic heterocycles. The topological polar surface area (TPSA) is 167 Å². The summed E-state index contributed by atoms with van der Waals surface area (Å²) in [7, 11) is 4.50. The summed E-state index contributed by atoms with van der Waals surface area (Å²) >= 11 is 0. The Labute approximate surface area is 229 Å². The van der Waals surface area contributed by atoms with Crippen LogP contribution in [-0.4, -0.2) is 47.3 Å². The quantitative estimate of drug-likeness (QED) is 0.0895. The van der Waals surface area contributed by atoms with E-state index in [4.69, 9.17) is 19.9 Å². The van der Waals surface area contributed by atoms with Crippen LogP contribution in [0.2, 0.25) is 0 Å². The number of phenolic OH excluding ortho intramolecular Hbond substituents is 1. The molecule has 13 heteroatoms. The number of nitrogens with two attached hydrogens (primary N) is 1. The van der Waals surface area contributed by atoms with Crippen molar-refractivity contribution < 1.29 is 24.2 Å². The lowest BCUT2D eigenvalue weighted by molar-refractivity contribution is -0.384. The summed E-state index contributed by atoms with van der Waals surface area (Å²) in [6, 6.07) is 17.4. The molecule has 0 saturated carbocycles.